The van der Waals surface area contributed by atoms with E-state index in [1.165, 1.54) is 0 Å². The van der Waals surface area contributed by atoms with Gasteiger partial charge in [-0.15, -0.1) is 0 Å². The number of nitrogens with two attached hydrogens (primary N) is 2. The third-order valence-electron chi connectivity index (χ3n) is 4.43. The van der Waals surface area contributed by atoms with Crippen molar-refractivity contribution in [3.05, 3.63) is 60.9 Å². The molecular weight excluding hydrogens is 382 g/mol. The Morgan fingerprint density at radius 2 is 1.93 bits per heavy atom. The molecule has 0 saturated heterocycles. The summed E-state index contributed by atoms with van der Waals surface area (Å²) >= 11 is 0. The van der Waals surface area contributed by atoms with Crippen molar-refractivity contribution in [2.45, 2.75) is 6.92 Å². The van der Waals surface area contributed by atoms with Crippen LogP contribution >= 0.6 is 0 Å². The number of hydrogen-bond acceptors (Lipinski definition) is 9. The number of nitrogen functional groups attached to an aromatic ring is 2. The third kappa shape index (κ3) is 2.94. The van der Waals surface area contributed by atoms with Gasteiger partial charge in [-0.3, -0.25) is 19.4 Å². The molecule has 5 aromatic rings. The number of pyridine rings is 2. The summed E-state index contributed by atoms with van der Waals surface area (Å²) < 4.78 is 1.83. The van der Waals surface area contributed by atoms with Crippen LogP contribution in [0.2, 0.25) is 0 Å². The van der Waals surface area contributed by atoms with Gasteiger partial charge in [0, 0.05) is 30.3 Å². The fourth-order valence-corrected chi connectivity index (χ4v) is 3.25. The average molecular weight is 399 g/mol. The summed E-state index contributed by atoms with van der Waals surface area (Å²) in [5.74, 6) is 2.16. The van der Waals surface area contributed by atoms with Gasteiger partial charge in [-0.1, -0.05) is 0 Å². The van der Waals surface area contributed by atoms with Crippen molar-refractivity contribution >= 4 is 34.6 Å². The predicted molar refractivity (Wildman–Crippen MR) is 112 cm³/mol. The van der Waals surface area contributed by atoms with E-state index in [9.17, 15) is 0 Å². The first-order valence-corrected chi connectivity index (χ1v) is 9.06. The van der Waals surface area contributed by atoms with Crippen LogP contribution in [-0.4, -0.2) is 39.5 Å². The van der Waals surface area contributed by atoms with Crippen molar-refractivity contribution in [1.29, 1.82) is 0 Å². The van der Waals surface area contributed by atoms with E-state index in [4.69, 9.17) is 16.5 Å². The summed E-state index contributed by atoms with van der Waals surface area (Å²) in [5, 5.41) is 7.19. The van der Waals surface area contributed by atoms with Gasteiger partial charge in [0.15, 0.2) is 17.5 Å². The molecule has 0 aliphatic carbocycles. The van der Waals surface area contributed by atoms with Gasteiger partial charge in [-0.05, 0) is 31.2 Å². The molecule has 0 amide bonds. The standard InChI is InChI=1S/C19H17N11/c1-11-24-17(27-19(21)25-11)16-18(26-14-5-4-12(20)10-29(14)16)30(15-6-8-23-28-15)13-3-2-7-22-9-13/h2-10H,20H2,1H3,(H,23,28)(H2,21,24,25,27). The lowest BCUT2D eigenvalue weighted by Crippen LogP contribution is -2.13. The number of H-pyrrole nitrogens is 1. The topological polar surface area (TPSA) is 153 Å². The zero-order valence-electron chi connectivity index (χ0n) is 15.9. The van der Waals surface area contributed by atoms with Crippen molar-refractivity contribution in [3.63, 3.8) is 0 Å². The molecule has 5 aromatic heterocycles. The number of imidazole rings is 1. The van der Waals surface area contributed by atoms with Gasteiger partial charge in [0.2, 0.25) is 5.95 Å². The molecule has 0 saturated carbocycles. The molecule has 0 fully saturated rings. The van der Waals surface area contributed by atoms with Crippen LogP contribution in [0.15, 0.2) is 55.1 Å². The summed E-state index contributed by atoms with van der Waals surface area (Å²) in [7, 11) is 0. The SMILES string of the molecule is Cc1nc(N)nc(-c2c(N(c3cccnc3)c3cc[nH]n3)nc3ccc(N)cn23)n1. The monoisotopic (exact) mass is 399 g/mol. The third-order valence-corrected chi connectivity index (χ3v) is 4.43. The Kier molecular flexibility index (Phi) is 3.98. The Balaban J connectivity index is 1.86. The molecule has 11 nitrogen and oxygen atoms in total. The summed E-state index contributed by atoms with van der Waals surface area (Å²) in [6.45, 7) is 1.76. The van der Waals surface area contributed by atoms with Crippen LogP contribution in [0.5, 0.6) is 0 Å². The molecule has 0 atom stereocenters. The van der Waals surface area contributed by atoms with Gasteiger partial charge in [-0.25, -0.2) is 9.97 Å². The summed E-state index contributed by atoms with van der Waals surface area (Å²) in [5.41, 5.74) is 14.6. The van der Waals surface area contributed by atoms with E-state index in [0.717, 1.165) is 5.69 Å². The molecule has 0 bridgehead atoms. The highest BCUT2D eigenvalue weighted by atomic mass is 15.3. The van der Waals surface area contributed by atoms with E-state index in [0.29, 0.717) is 40.3 Å². The molecular formula is C19H17N11. The van der Waals surface area contributed by atoms with E-state index in [1.54, 1.807) is 37.8 Å². The maximum absolute atomic E-state index is 6.05. The molecule has 0 aromatic carbocycles. The Labute approximate surface area is 170 Å². The second-order valence-electron chi connectivity index (χ2n) is 6.52. The summed E-state index contributed by atoms with van der Waals surface area (Å²) in [4.78, 5) is 23.9. The number of anilines is 5. The number of nitrogens with one attached hydrogen (secondary N) is 1. The highest BCUT2D eigenvalue weighted by molar-refractivity contribution is 5.83. The van der Waals surface area contributed by atoms with E-state index in [2.05, 4.69) is 30.1 Å². The molecule has 5 heterocycles. The largest absolute Gasteiger partial charge is 0.398 e. The highest BCUT2D eigenvalue weighted by Gasteiger charge is 2.26. The Bertz CT molecular complexity index is 1310. The fraction of sp³-hybridized carbons (Fsp3) is 0.0526. The number of hydrogen-bond donors (Lipinski definition) is 3. The van der Waals surface area contributed by atoms with Crippen molar-refractivity contribution in [2.75, 3.05) is 16.4 Å². The van der Waals surface area contributed by atoms with Crippen LogP contribution in [-0.2, 0) is 0 Å². The molecule has 0 spiro atoms. The van der Waals surface area contributed by atoms with Gasteiger partial charge < -0.3 is 11.5 Å². The highest BCUT2D eigenvalue weighted by Crippen LogP contribution is 2.38. The van der Waals surface area contributed by atoms with Crippen LogP contribution in [0.1, 0.15) is 5.82 Å². The number of fused-ring (bicyclic) bond motifs is 1. The van der Waals surface area contributed by atoms with Crippen LogP contribution in [0.4, 0.5) is 29.0 Å². The number of rotatable bonds is 4. The van der Waals surface area contributed by atoms with Gasteiger partial charge in [0.1, 0.15) is 17.2 Å². The molecule has 11 heteroatoms. The Morgan fingerprint density at radius 3 is 2.67 bits per heavy atom. The second-order valence-corrected chi connectivity index (χ2v) is 6.52. The van der Waals surface area contributed by atoms with Crippen molar-refractivity contribution in [3.8, 4) is 11.5 Å². The van der Waals surface area contributed by atoms with Crippen molar-refractivity contribution in [2.24, 2.45) is 0 Å². The van der Waals surface area contributed by atoms with Crippen LogP contribution in [0, 0.1) is 6.92 Å². The molecule has 30 heavy (non-hydrogen) atoms. The predicted octanol–water partition coefficient (Wildman–Crippen LogP) is 2.25. The lowest BCUT2D eigenvalue weighted by Gasteiger charge is -2.20. The minimum atomic E-state index is 0.120. The maximum atomic E-state index is 6.05. The minimum Gasteiger partial charge on any atom is -0.398 e. The first-order chi connectivity index (χ1) is 14.6. The molecule has 148 valence electrons. The lowest BCUT2D eigenvalue weighted by atomic mass is 10.3. The smallest absolute Gasteiger partial charge is 0.223 e. The summed E-state index contributed by atoms with van der Waals surface area (Å²) in [6, 6.07) is 9.20. The summed E-state index contributed by atoms with van der Waals surface area (Å²) in [6.07, 6.45) is 6.93. The van der Waals surface area contributed by atoms with Crippen LogP contribution in [0.3, 0.4) is 0 Å². The first-order valence-electron chi connectivity index (χ1n) is 9.06. The fourth-order valence-electron chi connectivity index (χ4n) is 3.25. The zero-order valence-corrected chi connectivity index (χ0v) is 15.9. The number of aromatic nitrogens is 8. The normalized spacial score (nSPS) is 11.1. The molecule has 5 rings (SSSR count). The van der Waals surface area contributed by atoms with Gasteiger partial charge in [-0.2, -0.15) is 15.1 Å². The van der Waals surface area contributed by atoms with E-state index in [-0.39, 0.29) is 5.95 Å². The molecule has 0 unspecified atom stereocenters. The zero-order chi connectivity index (χ0) is 20.7. The second kappa shape index (κ2) is 6.81. The average Bonchev–Trinajstić information content (AvgIpc) is 3.36. The number of aryl methyl sites for hydroxylation is 1. The van der Waals surface area contributed by atoms with Crippen molar-refractivity contribution < 1.29 is 0 Å². The van der Waals surface area contributed by atoms with Gasteiger partial charge >= 0.3 is 0 Å². The first kappa shape index (κ1) is 17.6. The molecule has 0 aliphatic rings. The van der Waals surface area contributed by atoms with E-state index in [1.807, 2.05) is 33.6 Å². The molecule has 5 N–H and O–H groups in total. The lowest BCUT2D eigenvalue weighted by molar-refractivity contribution is 0.980. The van der Waals surface area contributed by atoms with Gasteiger partial charge in [0.05, 0.1) is 11.9 Å². The Morgan fingerprint density at radius 1 is 1.03 bits per heavy atom. The quantitative estimate of drug-likeness (QED) is 0.413. The minimum absolute atomic E-state index is 0.120. The van der Waals surface area contributed by atoms with Gasteiger partial charge in [0.25, 0.3) is 0 Å². The Hall–Kier alpha value is -4.54. The van der Waals surface area contributed by atoms with E-state index >= 15 is 0 Å². The van der Waals surface area contributed by atoms with Crippen LogP contribution in [0.25, 0.3) is 17.2 Å². The molecule has 0 aliphatic heterocycles. The number of nitrogens with zero attached hydrogens (tertiary/aromatic N) is 8. The molecule has 0 radical (unpaired) electrons. The maximum Gasteiger partial charge on any atom is 0.223 e. The van der Waals surface area contributed by atoms with E-state index < -0.39 is 0 Å². The number of aromatic amines is 1. The van der Waals surface area contributed by atoms with Crippen LogP contribution < -0.4 is 16.4 Å². The van der Waals surface area contributed by atoms with Crippen molar-refractivity contribution in [1.82, 2.24) is 39.5 Å².